The number of guanidine groups is 1. The van der Waals surface area contributed by atoms with E-state index in [4.69, 9.17) is 0 Å². The van der Waals surface area contributed by atoms with Crippen molar-refractivity contribution in [1.29, 1.82) is 0 Å². The molecule has 0 heterocycles. The fraction of sp³-hybridized carbons (Fsp3) is 0.941. The van der Waals surface area contributed by atoms with E-state index < -0.39 is 15.6 Å². The van der Waals surface area contributed by atoms with Crippen LogP contribution in [0.4, 0.5) is 0 Å². The second-order valence-corrected chi connectivity index (χ2v) is 9.56. The molecule has 0 spiro atoms. The summed E-state index contributed by atoms with van der Waals surface area (Å²) in [5, 5.41) is 6.62. The molecule has 0 aromatic rings. The molecule has 1 aliphatic rings. The average Bonchev–Trinajstić information content (AvgIpc) is 2.48. The molecule has 1 saturated carbocycles. The summed E-state index contributed by atoms with van der Waals surface area (Å²) in [6.45, 7) is 6.34. The maximum atomic E-state index is 11.4. The van der Waals surface area contributed by atoms with Crippen molar-refractivity contribution < 1.29 is 8.42 Å². The number of sulfonamides is 1. The molecule has 0 bridgehead atoms. The van der Waals surface area contributed by atoms with Gasteiger partial charge in [0.1, 0.15) is 0 Å². The Morgan fingerprint density at radius 2 is 1.84 bits per heavy atom. The quantitative estimate of drug-likeness (QED) is 0.279. The molecule has 0 amide bonds. The van der Waals surface area contributed by atoms with Crippen LogP contribution >= 0.6 is 24.0 Å². The second-order valence-electron chi connectivity index (χ2n) is 7.81. The Morgan fingerprint density at radius 3 is 2.36 bits per heavy atom. The van der Waals surface area contributed by atoms with Gasteiger partial charge in [0.15, 0.2) is 5.96 Å². The van der Waals surface area contributed by atoms with Crippen molar-refractivity contribution in [3.63, 3.8) is 0 Å². The van der Waals surface area contributed by atoms with Gasteiger partial charge in [0.25, 0.3) is 0 Å². The van der Waals surface area contributed by atoms with Crippen molar-refractivity contribution >= 4 is 40.0 Å². The highest BCUT2D eigenvalue weighted by molar-refractivity contribution is 14.0. The van der Waals surface area contributed by atoms with Gasteiger partial charge in [-0.05, 0) is 39.5 Å². The molecule has 0 aliphatic heterocycles. The lowest BCUT2D eigenvalue weighted by Crippen LogP contribution is -2.53. The maximum Gasteiger partial charge on any atom is 0.209 e. The van der Waals surface area contributed by atoms with E-state index in [9.17, 15) is 8.42 Å². The lowest BCUT2D eigenvalue weighted by atomic mass is 9.85. The van der Waals surface area contributed by atoms with E-state index in [1.54, 1.807) is 7.05 Å². The summed E-state index contributed by atoms with van der Waals surface area (Å²) in [4.78, 5) is 4.24. The van der Waals surface area contributed by atoms with Crippen molar-refractivity contribution in [2.45, 2.75) is 77.3 Å². The third kappa shape index (κ3) is 12.0. The zero-order chi connectivity index (χ0) is 18.2. The van der Waals surface area contributed by atoms with Crippen molar-refractivity contribution in [2.75, 3.05) is 19.8 Å². The molecule has 1 aliphatic carbocycles. The van der Waals surface area contributed by atoms with E-state index in [0.29, 0.717) is 12.6 Å². The van der Waals surface area contributed by atoms with Crippen molar-refractivity contribution in [1.82, 2.24) is 15.4 Å². The largest absolute Gasteiger partial charge is 0.355 e. The Kier molecular flexibility index (Phi) is 11.5. The Balaban J connectivity index is 0.00000576. The standard InChI is InChI=1S/C17H36N4O2S.HI/c1-14(11-12-15-9-7-6-8-10-15)20-16(18-4)19-13-17(2,3)21-24(5,22)23;/h14-15,21H,6-13H2,1-5H3,(H2,18,19,20);1H. The number of hydrogen-bond acceptors (Lipinski definition) is 3. The topological polar surface area (TPSA) is 82.6 Å². The Bertz CT molecular complexity index is 503. The van der Waals surface area contributed by atoms with Crippen LogP contribution in [0.5, 0.6) is 0 Å². The smallest absolute Gasteiger partial charge is 0.209 e. The predicted molar refractivity (Wildman–Crippen MR) is 117 cm³/mol. The SMILES string of the molecule is CN=C(NCC(C)(C)NS(C)(=O)=O)NC(C)CCC1CCCCC1.I. The number of nitrogens with zero attached hydrogens (tertiary/aromatic N) is 1. The lowest BCUT2D eigenvalue weighted by Gasteiger charge is -2.28. The van der Waals surface area contributed by atoms with Crippen LogP contribution in [-0.4, -0.2) is 45.8 Å². The van der Waals surface area contributed by atoms with E-state index >= 15 is 0 Å². The fourth-order valence-corrected chi connectivity index (χ4v) is 4.38. The van der Waals surface area contributed by atoms with Crippen LogP contribution in [0, 0.1) is 5.92 Å². The van der Waals surface area contributed by atoms with Crippen LogP contribution in [0.1, 0.15) is 65.7 Å². The first-order valence-electron chi connectivity index (χ1n) is 9.07. The molecule has 8 heteroatoms. The molecule has 150 valence electrons. The highest BCUT2D eigenvalue weighted by Gasteiger charge is 2.22. The number of nitrogens with one attached hydrogen (secondary N) is 3. The molecular weight excluding hydrogens is 451 g/mol. The second kappa shape index (κ2) is 11.6. The normalized spacial score (nSPS) is 18.4. The van der Waals surface area contributed by atoms with Gasteiger partial charge in [0.2, 0.25) is 10.0 Å². The summed E-state index contributed by atoms with van der Waals surface area (Å²) in [6.07, 6.45) is 10.5. The van der Waals surface area contributed by atoms with E-state index in [-0.39, 0.29) is 24.0 Å². The lowest BCUT2D eigenvalue weighted by molar-refractivity contribution is 0.322. The first kappa shape index (κ1) is 24.9. The average molecular weight is 488 g/mol. The van der Waals surface area contributed by atoms with Crippen molar-refractivity contribution in [3.05, 3.63) is 0 Å². The Labute approximate surface area is 171 Å². The predicted octanol–water partition coefficient (Wildman–Crippen LogP) is 2.85. The molecule has 25 heavy (non-hydrogen) atoms. The summed E-state index contributed by atoms with van der Waals surface area (Å²) in [7, 11) is -1.49. The molecule has 1 unspecified atom stereocenters. The van der Waals surface area contributed by atoms with E-state index in [1.165, 1.54) is 44.8 Å². The minimum Gasteiger partial charge on any atom is -0.355 e. The van der Waals surface area contributed by atoms with Gasteiger partial charge in [-0.3, -0.25) is 4.99 Å². The zero-order valence-electron chi connectivity index (χ0n) is 16.4. The minimum atomic E-state index is -3.23. The molecular formula is C17H37IN4O2S. The van der Waals surface area contributed by atoms with Gasteiger partial charge in [0, 0.05) is 25.2 Å². The minimum absolute atomic E-state index is 0. The van der Waals surface area contributed by atoms with Gasteiger partial charge >= 0.3 is 0 Å². The number of hydrogen-bond donors (Lipinski definition) is 3. The van der Waals surface area contributed by atoms with Crippen molar-refractivity contribution in [3.8, 4) is 0 Å². The molecule has 0 aromatic heterocycles. The maximum absolute atomic E-state index is 11.4. The Morgan fingerprint density at radius 1 is 1.24 bits per heavy atom. The zero-order valence-corrected chi connectivity index (χ0v) is 19.5. The van der Waals surface area contributed by atoms with Crippen LogP contribution in [0.25, 0.3) is 0 Å². The summed E-state index contributed by atoms with van der Waals surface area (Å²) in [5.74, 6) is 1.60. The number of aliphatic imine (C=N–C) groups is 1. The van der Waals surface area contributed by atoms with Gasteiger partial charge in [0.05, 0.1) is 6.26 Å². The highest BCUT2D eigenvalue weighted by Crippen LogP contribution is 2.27. The molecule has 6 nitrogen and oxygen atoms in total. The molecule has 0 saturated heterocycles. The molecule has 3 N–H and O–H groups in total. The monoisotopic (exact) mass is 488 g/mol. The molecule has 1 fully saturated rings. The van der Waals surface area contributed by atoms with Crippen LogP contribution in [0.3, 0.4) is 0 Å². The summed E-state index contributed by atoms with van der Waals surface area (Å²) in [5.41, 5.74) is -0.573. The first-order valence-corrected chi connectivity index (χ1v) is 11.0. The van der Waals surface area contributed by atoms with E-state index in [1.807, 2.05) is 13.8 Å². The summed E-state index contributed by atoms with van der Waals surface area (Å²) < 4.78 is 25.4. The Hall–Kier alpha value is -0.0900. The number of rotatable bonds is 8. The van der Waals surface area contributed by atoms with Gasteiger partial charge in [-0.15, -0.1) is 24.0 Å². The van der Waals surface area contributed by atoms with Gasteiger partial charge < -0.3 is 10.6 Å². The summed E-state index contributed by atoms with van der Waals surface area (Å²) >= 11 is 0. The number of halogens is 1. The van der Waals surface area contributed by atoms with Crippen LogP contribution in [-0.2, 0) is 10.0 Å². The van der Waals surface area contributed by atoms with E-state index in [2.05, 4.69) is 27.3 Å². The molecule has 0 radical (unpaired) electrons. The van der Waals surface area contributed by atoms with Crippen LogP contribution in [0.2, 0.25) is 0 Å². The molecule has 0 aromatic carbocycles. The molecule has 1 atom stereocenters. The van der Waals surface area contributed by atoms with Gasteiger partial charge in [-0.1, -0.05) is 32.1 Å². The highest BCUT2D eigenvalue weighted by atomic mass is 127. The van der Waals surface area contributed by atoms with Gasteiger partial charge in [-0.2, -0.15) is 0 Å². The van der Waals surface area contributed by atoms with Crippen LogP contribution in [0.15, 0.2) is 4.99 Å². The molecule has 1 rings (SSSR count). The summed E-state index contributed by atoms with van der Waals surface area (Å²) in [6, 6.07) is 0.351. The van der Waals surface area contributed by atoms with E-state index in [0.717, 1.165) is 18.3 Å². The van der Waals surface area contributed by atoms with Crippen molar-refractivity contribution in [2.24, 2.45) is 10.9 Å². The third-order valence-corrected chi connectivity index (χ3v) is 5.42. The third-order valence-electron chi connectivity index (χ3n) is 4.50. The fourth-order valence-electron chi connectivity index (χ4n) is 3.30. The first-order chi connectivity index (χ1) is 11.1. The van der Waals surface area contributed by atoms with Crippen LogP contribution < -0.4 is 15.4 Å². The van der Waals surface area contributed by atoms with Gasteiger partial charge in [-0.25, -0.2) is 13.1 Å².